The van der Waals surface area contributed by atoms with Gasteiger partial charge >= 0.3 is 5.97 Å². The minimum atomic E-state index is -2.17. The number of fused-ring (bicyclic) bond motifs is 1. The lowest BCUT2D eigenvalue weighted by Crippen LogP contribution is -2.67. The number of phenols is 5. The Bertz CT molecular complexity index is 2420. The van der Waals surface area contributed by atoms with Crippen LogP contribution in [0.4, 0.5) is 0 Å². The van der Waals surface area contributed by atoms with Crippen molar-refractivity contribution in [2.75, 3.05) is 19.8 Å². The van der Waals surface area contributed by atoms with Gasteiger partial charge in [-0.15, -0.1) is 0 Å². The molecule has 3 aromatic carbocycles. The Hall–Kier alpha value is -5.68. The number of esters is 1. The van der Waals surface area contributed by atoms with Crippen molar-refractivity contribution in [3.05, 3.63) is 76.5 Å². The first-order chi connectivity index (χ1) is 31.4. The van der Waals surface area contributed by atoms with Crippen molar-refractivity contribution >= 4 is 23.0 Å². The van der Waals surface area contributed by atoms with Gasteiger partial charge in [-0.1, -0.05) is 12.1 Å². The Kier molecular flexibility index (Phi) is 14.7. The van der Waals surface area contributed by atoms with E-state index in [-0.39, 0.29) is 11.3 Å². The van der Waals surface area contributed by atoms with E-state index in [1.165, 1.54) is 36.4 Å². The molecule has 3 saturated heterocycles. The maximum Gasteiger partial charge on any atom is 0.330 e. The second-order valence-electron chi connectivity index (χ2n) is 15.4. The Morgan fingerprint density at radius 3 is 1.83 bits per heavy atom. The van der Waals surface area contributed by atoms with Gasteiger partial charge in [0.05, 0.1) is 13.2 Å². The maximum atomic E-state index is 14.2. The van der Waals surface area contributed by atoms with E-state index in [2.05, 4.69) is 0 Å². The summed E-state index contributed by atoms with van der Waals surface area (Å²) >= 11 is 0. The summed E-state index contributed by atoms with van der Waals surface area (Å²) in [5.41, 5.74) is -1.21. The van der Waals surface area contributed by atoms with Crippen LogP contribution in [0, 0.1) is 0 Å². The van der Waals surface area contributed by atoms with Crippen LogP contribution in [-0.2, 0) is 33.2 Å². The molecule has 14 N–H and O–H groups in total. The highest BCUT2D eigenvalue weighted by Gasteiger charge is 2.55. The van der Waals surface area contributed by atoms with Crippen LogP contribution in [0.25, 0.3) is 28.4 Å². The average molecular weight is 935 g/mol. The third kappa shape index (κ3) is 9.87. The highest BCUT2D eigenvalue weighted by atomic mass is 16.8. The molecule has 24 heteroatoms. The van der Waals surface area contributed by atoms with E-state index in [9.17, 15) is 81.1 Å². The molecule has 0 unspecified atom stereocenters. The van der Waals surface area contributed by atoms with Gasteiger partial charge in [-0.2, -0.15) is 0 Å². The molecular formula is C42H46O24. The first kappa shape index (κ1) is 48.3. The third-order valence-electron chi connectivity index (χ3n) is 11.0. The molecule has 0 aliphatic carbocycles. The fraction of sp³-hybridized carbons (Fsp3) is 0.429. The van der Waals surface area contributed by atoms with Gasteiger partial charge in [0.1, 0.15) is 102 Å². The van der Waals surface area contributed by atoms with E-state index in [4.69, 9.17) is 37.6 Å². The van der Waals surface area contributed by atoms with Gasteiger partial charge in [0, 0.05) is 23.8 Å². The molecular weight excluding hydrogens is 888 g/mol. The average Bonchev–Trinajstić information content (AvgIpc) is 3.29. The molecule has 0 bridgehead atoms. The molecule has 4 heterocycles. The summed E-state index contributed by atoms with van der Waals surface area (Å²) in [7, 11) is 0. The van der Waals surface area contributed by atoms with Crippen LogP contribution in [0.5, 0.6) is 34.5 Å². The smallest absolute Gasteiger partial charge is 0.330 e. The zero-order valence-corrected chi connectivity index (χ0v) is 34.0. The summed E-state index contributed by atoms with van der Waals surface area (Å²) in [5, 5.41) is 147. The monoisotopic (exact) mass is 934 g/mol. The molecule has 1 aromatic heterocycles. The SMILES string of the molecule is O=C(C=Cc1ccc(O)cc1)OC[C@H]1O[C@@H](O[C@H]2[C@H](O[C@H]3[C@H](Oc4c(-c5ccc(O)c(O)c5)oc5cc(O)cc(O)c5c4=O)O[C@H](CO)[C@@H](O)[C@@H]3O)O[C@H](CO)[C@@H](O)[C@@H]2O)[C@H](O)[C@@H](O)[C@@H]1O. The number of phenolic OH excluding ortho intramolecular Hbond substituents is 5. The second-order valence-corrected chi connectivity index (χ2v) is 15.4. The van der Waals surface area contributed by atoms with E-state index in [0.29, 0.717) is 5.56 Å². The summed E-state index contributed by atoms with van der Waals surface area (Å²) < 4.78 is 45.9. The van der Waals surface area contributed by atoms with Crippen molar-refractivity contribution < 1.29 is 114 Å². The maximum absolute atomic E-state index is 14.2. The van der Waals surface area contributed by atoms with Gasteiger partial charge in [-0.3, -0.25) is 4.79 Å². The lowest BCUT2D eigenvalue weighted by atomic mass is 9.96. The molecule has 4 aromatic rings. The van der Waals surface area contributed by atoms with Gasteiger partial charge in [-0.05, 0) is 42.0 Å². The normalized spacial score (nSPS) is 32.7. The Morgan fingerprint density at radius 2 is 1.20 bits per heavy atom. The molecule has 0 spiro atoms. The summed E-state index contributed by atoms with van der Waals surface area (Å²) in [6, 6.07) is 10.7. The first-order valence-corrected chi connectivity index (χ1v) is 20.0. The fourth-order valence-corrected chi connectivity index (χ4v) is 7.39. The van der Waals surface area contributed by atoms with E-state index in [1.54, 1.807) is 0 Å². The predicted molar refractivity (Wildman–Crippen MR) is 215 cm³/mol. The number of ether oxygens (including phenoxy) is 7. The van der Waals surface area contributed by atoms with Crippen LogP contribution in [-0.4, -0.2) is 189 Å². The molecule has 24 nitrogen and oxygen atoms in total. The Morgan fingerprint density at radius 1 is 0.606 bits per heavy atom. The zero-order valence-electron chi connectivity index (χ0n) is 34.0. The number of hydrogen-bond donors (Lipinski definition) is 14. The molecule has 358 valence electrons. The number of aromatic hydroxyl groups is 5. The predicted octanol–water partition coefficient (Wildman–Crippen LogP) is -2.92. The van der Waals surface area contributed by atoms with Crippen molar-refractivity contribution in [1.29, 1.82) is 0 Å². The molecule has 3 aliphatic rings. The standard InChI is InChI=1S/C42H46O24/c43-12-23-29(52)34(57)39(41(61-23)64-37-31(54)27-21(49)10-18(46)11-22(27)60-36(37)16-4-7-19(47)20(48)9-16)66-42-38(33(56)28(51)24(13-44)62-42)65-40-35(58)32(55)30(53)25(63-40)14-59-26(50)8-3-15-1-5-17(45)6-2-15/h1-11,23-25,28-30,32-35,38-49,51-53,55-58H,12-14H2/t23-,24-,25-,28-,29-,30-,32+,33+,34+,35-,38-,39-,40+,41+,42+/m1/s1. The van der Waals surface area contributed by atoms with Gasteiger partial charge < -0.3 is 109 Å². The third-order valence-corrected chi connectivity index (χ3v) is 11.0. The van der Waals surface area contributed by atoms with Gasteiger partial charge in [0.15, 0.2) is 35.9 Å². The van der Waals surface area contributed by atoms with Crippen molar-refractivity contribution in [2.24, 2.45) is 0 Å². The molecule has 3 aliphatic heterocycles. The summed E-state index contributed by atoms with van der Waals surface area (Å²) in [6.45, 7) is -2.70. The first-order valence-electron chi connectivity index (χ1n) is 20.0. The molecule has 0 radical (unpaired) electrons. The number of benzene rings is 3. The zero-order chi connectivity index (χ0) is 47.7. The molecule has 66 heavy (non-hydrogen) atoms. The number of aliphatic hydroxyl groups is 9. The van der Waals surface area contributed by atoms with Crippen LogP contribution in [0.1, 0.15) is 5.56 Å². The lowest BCUT2D eigenvalue weighted by Gasteiger charge is -2.48. The number of carbonyl (C=O) groups is 1. The number of aliphatic hydroxyl groups excluding tert-OH is 9. The van der Waals surface area contributed by atoms with Gasteiger partial charge in [0.2, 0.25) is 17.5 Å². The minimum absolute atomic E-state index is 0.0134. The van der Waals surface area contributed by atoms with Gasteiger partial charge in [-0.25, -0.2) is 4.79 Å². The summed E-state index contributed by atoms with van der Waals surface area (Å²) in [4.78, 5) is 26.7. The van der Waals surface area contributed by atoms with Crippen LogP contribution in [0.3, 0.4) is 0 Å². The van der Waals surface area contributed by atoms with Crippen LogP contribution in [0.15, 0.2) is 69.9 Å². The molecule has 0 saturated carbocycles. The number of carbonyl (C=O) groups excluding carboxylic acids is 1. The molecule has 7 rings (SSSR count). The molecule has 3 fully saturated rings. The minimum Gasteiger partial charge on any atom is -0.508 e. The van der Waals surface area contributed by atoms with Crippen LogP contribution < -0.4 is 10.2 Å². The number of hydrogen-bond acceptors (Lipinski definition) is 24. The summed E-state index contributed by atoms with van der Waals surface area (Å²) in [5.74, 6) is -4.96. The molecule has 0 amide bonds. The van der Waals surface area contributed by atoms with Crippen molar-refractivity contribution in [3.63, 3.8) is 0 Å². The quantitative estimate of drug-likeness (QED) is 0.0363. The topological polar surface area (TPSA) is 395 Å². The van der Waals surface area contributed by atoms with Crippen LogP contribution in [0.2, 0.25) is 0 Å². The highest BCUT2D eigenvalue weighted by molar-refractivity contribution is 5.88. The molecule has 15 atom stereocenters. The number of rotatable bonds is 13. The summed E-state index contributed by atoms with van der Waals surface area (Å²) in [6.07, 6.45) is -27.5. The van der Waals surface area contributed by atoms with E-state index >= 15 is 0 Å². The van der Waals surface area contributed by atoms with E-state index in [0.717, 1.165) is 30.3 Å². The highest BCUT2D eigenvalue weighted by Crippen LogP contribution is 2.40. The fourth-order valence-electron chi connectivity index (χ4n) is 7.39. The van der Waals surface area contributed by atoms with Crippen molar-refractivity contribution in [2.45, 2.75) is 92.1 Å². The largest absolute Gasteiger partial charge is 0.508 e. The van der Waals surface area contributed by atoms with E-state index in [1.807, 2.05) is 0 Å². The van der Waals surface area contributed by atoms with Crippen LogP contribution >= 0.6 is 0 Å². The van der Waals surface area contributed by atoms with Crippen molar-refractivity contribution in [1.82, 2.24) is 0 Å². The lowest BCUT2D eigenvalue weighted by molar-refractivity contribution is -0.389. The van der Waals surface area contributed by atoms with E-state index < -0.39 is 169 Å². The Balaban J connectivity index is 1.19. The van der Waals surface area contributed by atoms with Gasteiger partial charge in [0.25, 0.3) is 0 Å². The second kappa shape index (κ2) is 20.0. The van der Waals surface area contributed by atoms with Crippen molar-refractivity contribution in [3.8, 4) is 45.8 Å². The Labute approximate surface area is 370 Å².